The highest BCUT2D eigenvalue weighted by atomic mass is 32.2. The van der Waals surface area contributed by atoms with E-state index < -0.39 is 5.25 Å². The Hall–Kier alpha value is -2.55. The van der Waals surface area contributed by atoms with Gasteiger partial charge in [-0.3, -0.25) is 4.79 Å². The second-order valence-electron chi connectivity index (χ2n) is 4.84. The van der Waals surface area contributed by atoms with E-state index in [1.54, 1.807) is 26.0 Å². The summed E-state index contributed by atoms with van der Waals surface area (Å²) in [5.41, 5.74) is 1.59. The van der Waals surface area contributed by atoms with E-state index in [0.29, 0.717) is 28.5 Å². The van der Waals surface area contributed by atoms with E-state index >= 15 is 0 Å². The van der Waals surface area contributed by atoms with E-state index in [1.165, 1.54) is 34.9 Å². The van der Waals surface area contributed by atoms with Crippen molar-refractivity contribution in [3.63, 3.8) is 0 Å². The molecule has 0 spiro atoms. The Labute approximate surface area is 141 Å². The largest absolute Gasteiger partial charge is 0.465 e. The van der Waals surface area contributed by atoms with E-state index in [9.17, 15) is 9.18 Å². The summed E-state index contributed by atoms with van der Waals surface area (Å²) in [4.78, 5) is 20.2. The normalized spacial score (nSPS) is 12.3. The number of hydrogen-bond donors (Lipinski definition) is 0. The monoisotopic (exact) mass is 347 g/mol. The van der Waals surface area contributed by atoms with Crippen LogP contribution in [0.25, 0.3) is 16.9 Å². The summed E-state index contributed by atoms with van der Waals surface area (Å²) in [5.74, 6) is -0.655. The van der Waals surface area contributed by atoms with E-state index in [-0.39, 0.29) is 11.8 Å². The zero-order valence-electron chi connectivity index (χ0n) is 13.0. The summed E-state index contributed by atoms with van der Waals surface area (Å²) in [7, 11) is 0. The number of halogens is 1. The molecule has 0 unspecified atom stereocenters. The molecular weight excluding hydrogens is 333 g/mol. The van der Waals surface area contributed by atoms with Crippen molar-refractivity contribution < 1.29 is 13.9 Å². The van der Waals surface area contributed by atoms with Gasteiger partial charge in [-0.05, 0) is 38.1 Å². The average molecular weight is 347 g/mol. The average Bonchev–Trinajstić information content (AvgIpc) is 3.01. The molecule has 1 aromatic carbocycles. The second-order valence-corrected chi connectivity index (χ2v) is 6.17. The highest BCUT2D eigenvalue weighted by molar-refractivity contribution is 8.00. The van der Waals surface area contributed by atoms with Gasteiger partial charge in [0.2, 0.25) is 0 Å². The molecule has 1 atom stereocenters. The summed E-state index contributed by atoms with van der Waals surface area (Å²) in [5, 5.41) is 8.26. The molecule has 124 valence electrons. The molecule has 9 heteroatoms. The zero-order chi connectivity index (χ0) is 17.1. The molecule has 3 aromatic rings. The molecule has 7 nitrogen and oxygen atoms in total. The maximum Gasteiger partial charge on any atom is 0.319 e. The maximum atomic E-state index is 13.1. The maximum absolute atomic E-state index is 13.1. The Kier molecular flexibility index (Phi) is 4.70. The number of benzene rings is 1. The van der Waals surface area contributed by atoms with Gasteiger partial charge in [-0.1, -0.05) is 17.0 Å². The fourth-order valence-corrected chi connectivity index (χ4v) is 2.90. The van der Waals surface area contributed by atoms with Gasteiger partial charge in [-0.15, -0.1) is 5.10 Å². The van der Waals surface area contributed by atoms with Crippen molar-refractivity contribution in [3.8, 4) is 5.69 Å². The first kappa shape index (κ1) is 16.3. The van der Waals surface area contributed by atoms with E-state index in [1.807, 2.05) is 0 Å². The van der Waals surface area contributed by atoms with Crippen LogP contribution in [0.5, 0.6) is 0 Å². The molecule has 0 fully saturated rings. The van der Waals surface area contributed by atoms with Crippen molar-refractivity contribution in [2.45, 2.75) is 24.1 Å². The van der Waals surface area contributed by atoms with Gasteiger partial charge >= 0.3 is 5.97 Å². The van der Waals surface area contributed by atoms with Crippen molar-refractivity contribution in [1.29, 1.82) is 0 Å². The number of rotatable bonds is 5. The van der Waals surface area contributed by atoms with Crippen LogP contribution in [-0.4, -0.2) is 42.8 Å². The van der Waals surface area contributed by atoms with Crippen molar-refractivity contribution in [1.82, 2.24) is 25.0 Å². The van der Waals surface area contributed by atoms with Gasteiger partial charge in [0, 0.05) is 0 Å². The van der Waals surface area contributed by atoms with Crippen molar-refractivity contribution in [3.05, 3.63) is 36.4 Å². The molecule has 0 saturated carbocycles. The highest BCUT2D eigenvalue weighted by Gasteiger charge is 2.20. The Morgan fingerprint density at radius 1 is 1.33 bits per heavy atom. The SMILES string of the molecule is CCOC(=O)[C@H](C)Sc1ncnc2c1nnn2-c1ccc(F)cc1. The first-order valence-corrected chi connectivity index (χ1v) is 8.13. The number of thioether (sulfide) groups is 1. The van der Waals surface area contributed by atoms with Crippen LogP contribution in [0, 0.1) is 5.82 Å². The van der Waals surface area contributed by atoms with Gasteiger partial charge in [0.1, 0.15) is 22.4 Å². The molecule has 0 aliphatic carbocycles. The molecule has 3 rings (SSSR count). The van der Waals surface area contributed by atoms with Crippen molar-refractivity contribution in [2.75, 3.05) is 6.61 Å². The highest BCUT2D eigenvalue weighted by Crippen LogP contribution is 2.27. The lowest BCUT2D eigenvalue weighted by Gasteiger charge is -2.09. The molecule has 2 heterocycles. The minimum Gasteiger partial charge on any atom is -0.465 e. The number of esters is 1. The van der Waals surface area contributed by atoms with Crippen LogP contribution in [-0.2, 0) is 9.53 Å². The Morgan fingerprint density at radius 3 is 2.79 bits per heavy atom. The van der Waals surface area contributed by atoms with E-state index in [0.717, 1.165) is 0 Å². The minimum absolute atomic E-state index is 0.319. The lowest BCUT2D eigenvalue weighted by molar-refractivity contribution is -0.142. The molecule has 0 bridgehead atoms. The first-order valence-electron chi connectivity index (χ1n) is 7.25. The number of ether oxygens (including phenoxy) is 1. The third-order valence-corrected chi connectivity index (χ3v) is 4.25. The van der Waals surface area contributed by atoms with Crippen LogP contribution in [0.1, 0.15) is 13.8 Å². The quantitative estimate of drug-likeness (QED) is 0.398. The van der Waals surface area contributed by atoms with Gasteiger partial charge < -0.3 is 4.74 Å². The summed E-state index contributed by atoms with van der Waals surface area (Å²) >= 11 is 1.23. The third kappa shape index (κ3) is 3.21. The summed E-state index contributed by atoms with van der Waals surface area (Å²) in [6, 6.07) is 5.84. The van der Waals surface area contributed by atoms with Gasteiger partial charge in [-0.2, -0.15) is 4.68 Å². The number of aromatic nitrogens is 5. The number of hydrogen-bond acceptors (Lipinski definition) is 7. The van der Waals surface area contributed by atoms with Crippen LogP contribution in [0.15, 0.2) is 35.6 Å². The number of fused-ring (bicyclic) bond motifs is 1. The summed E-state index contributed by atoms with van der Waals surface area (Å²) in [6.45, 7) is 3.82. The van der Waals surface area contributed by atoms with Crippen LogP contribution in [0.3, 0.4) is 0 Å². The topological polar surface area (TPSA) is 82.8 Å². The van der Waals surface area contributed by atoms with Crippen LogP contribution >= 0.6 is 11.8 Å². The Bertz CT molecular complexity index is 868. The zero-order valence-corrected chi connectivity index (χ0v) is 13.8. The lowest BCUT2D eigenvalue weighted by Crippen LogP contribution is -2.16. The standard InChI is InChI=1S/C15H14FN5O2S/c1-3-23-15(22)9(2)24-14-12-13(17-8-18-14)21(20-19-12)11-6-4-10(16)5-7-11/h4-9H,3H2,1-2H3/t9-/m0/s1. The minimum atomic E-state index is -0.431. The van der Waals surface area contributed by atoms with E-state index in [4.69, 9.17) is 4.74 Å². The van der Waals surface area contributed by atoms with Gasteiger partial charge in [-0.25, -0.2) is 14.4 Å². The molecule has 2 aromatic heterocycles. The number of carbonyl (C=O) groups excluding carboxylic acids is 1. The van der Waals surface area contributed by atoms with Gasteiger partial charge in [0.25, 0.3) is 0 Å². The molecule has 0 N–H and O–H groups in total. The fourth-order valence-electron chi connectivity index (χ4n) is 2.05. The van der Waals surface area contributed by atoms with Crippen molar-refractivity contribution >= 4 is 28.9 Å². The van der Waals surface area contributed by atoms with Crippen LogP contribution < -0.4 is 0 Å². The molecule has 0 aliphatic rings. The Balaban J connectivity index is 1.94. The second kappa shape index (κ2) is 6.91. The van der Waals surface area contributed by atoms with Crippen LogP contribution in [0.4, 0.5) is 4.39 Å². The molecule has 0 aliphatic heterocycles. The summed E-state index contributed by atoms with van der Waals surface area (Å²) < 4.78 is 19.6. The molecule has 24 heavy (non-hydrogen) atoms. The summed E-state index contributed by atoms with van der Waals surface area (Å²) in [6.07, 6.45) is 1.38. The van der Waals surface area contributed by atoms with Gasteiger partial charge in [0.15, 0.2) is 11.2 Å². The molecule has 0 amide bonds. The predicted molar refractivity (Wildman–Crippen MR) is 86.4 cm³/mol. The first-order chi connectivity index (χ1) is 11.6. The third-order valence-electron chi connectivity index (χ3n) is 3.18. The molecule has 0 radical (unpaired) electrons. The Morgan fingerprint density at radius 2 is 2.08 bits per heavy atom. The van der Waals surface area contributed by atoms with E-state index in [2.05, 4.69) is 20.3 Å². The predicted octanol–water partition coefficient (Wildman–Crippen LogP) is 2.39. The fraction of sp³-hybridized carbons (Fsp3) is 0.267. The number of carbonyl (C=O) groups is 1. The lowest BCUT2D eigenvalue weighted by atomic mass is 10.3. The number of nitrogens with zero attached hydrogens (tertiary/aromatic N) is 5. The van der Waals surface area contributed by atoms with Crippen LogP contribution in [0.2, 0.25) is 0 Å². The molecular formula is C15H14FN5O2S. The molecule has 0 saturated heterocycles. The smallest absolute Gasteiger partial charge is 0.319 e. The van der Waals surface area contributed by atoms with Gasteiger partial charge in [0.05, 0.1) is 12.3 Å². The van der Waals surface area contributed by atoms with Crippen molar-refractivity contribution in [2.24, 2.45) is 0 Å².